The molecule has 86 valence electrons. The molecule has 4 rings (SSSR count). The molecule has 0 spiro atoms. The number of hydrogen-bond donors (Lipinski definition) is 0. The first-order valence-electron chi connectivity index (χ1n) is 6.28. The van der Waals surface area contributed by atoms with Crippen molar-refractivity contribution in [2.75, 3.05) is 0 Å². The molecule has 0 aromatic carbocycles. The van der Waals surface area contributed by atoms with Crippen LogP contribution in [0.3, 0.4) is 0 Å². The molecule has 1 nitrogen and oxygen atoms in total. The van der Waals surface area contributed by atoms with Crippen LogP contribution in [0.5, 0.6) is 0 Å². The van der Waals surface area contributed by atoms with Gasteiger partial charge in [0.1, 0.15) is 5.78 Å². The summed E-state index contributed by atoms with van der Waals surface area (Å²) in [7, 11) is 0. The van der Waals surface area contributed by atoms with E-state index < -0.39 is 0 Å². The van der Waals surface area contributed by atoms with Crippen molar-refractivity contribution in [3.8, 4) is 0 Å². The van der Waals surface area contributed by atoms with Gasteiger partial charge >= 0.3 is 0 Å². The monoisotopic (exact) mass is 216 g/mol. The molecule has 0 aliphatic heterocycles. The van der Waals surface area contributed by atoms with Crippen LogP contribution in [0.2, 0.25) is 0 Å². The van der Waals surface area contributed by atoms with Crippen molar-refractivity contribution >= 4 is 5.78 Å². The summed E-state index contributed by atoms with van der Waals surface area (Å²) in [5.74, 6) is 1.68. The third-order valence-electron chi connectivity index (χ3n) is 5.23. The minimum Gasteiger partial charge on any atom is -0.299 e. The van der Waals surface area contributed by atoms with E-state index in [4.69, 9.17) is 0 Å². The van der Waals surface area contributed by atoms with Crippen LogP contribution in [0.25, 0.3) is 0 Å². The van der Waals surface area contributed by atoms with Crippen LogP contribution in [0.1, 0.15) is 40.0 Å². The third-order valence-corrected chi connectivity index (χ3v) is 5.23. The topological polar surface area (TPSA) is 17.1 Å². The van der Waals surface area contributed by atoms with Gasteiger partial charge in [0.05, 0.1) is 0 Å². The molecule has 16 heavy (non-hydrogen) atoms. The van der Waals surface area contributed by atoms with Gasteiger partial charge in [-0.1, -0.05) is 32.1 Å². The van der Waals surface area contributed by atoms with Gasteiger partial charge in [0, 0.05) is 11.8 Å². The molecule has 3 fully saturated rings. The van der Waals surface area contributed by atoms with E-state index in [1.807, 2.05) is 0 Å². The molecule has 0 N–H and O–H groups in total. The average Bonchev–Trinajstić information content (AvgIpc) is 2.37. The number of ketones is 1. The van der Waals surface area contributed by atoms with Crippen LogP contribution in [0.4, 0.5) is 0 Å². The van der Waals surface area contributed by atoms with E-state index in [0.717, 1.165) is 19.3 Å². The highest BCUT2D eigenvalue weighted by Gasteiger charge is 2.61. The lowest BCUT2D eigenvalue weighted by atomic mass is 9.49. The van der Waals surface area contributed by atoms with Gasteiger partial charge in [-0.3, -0.25) is 4.79 Å². The maximum absolute atomic E-state index is 12.1. The molecule has 0 heterocycles. The quantitative estimate of drug-likeness (QED) is 0.655. The Kier molecular flexibility index (Phi) is 1.74. The van der Waals surface area contributed by atoms with E-state index >= 15 is 0 Å². The first kappa shape index (κ1) is 10.3. The Labute approximate surface area is 97.6 Å². The lowest BCUT2D eigenvalue weighted by Gasteiger charge is -2.53. The number of Topliss-reactive ketones (excluding diaryl/α,β-unsaturated/α-hetero) is 1. The number of hydrogen-bond acceptors (Lipinski definition) is 1. The van der Waals surface area contributed by atoms with E-state index in [2.05, 4.69) is 33.4 Å². The van der Waals surface area contributed by atoms with Crippen molar-refractivity contribution in [3.05, 3.63) is 23.8 Å². The Bertz CT molecular complexity index is 431. The van der Waals surface area contributed by atoms with Gasteiger partial charge in [-0.25, -0.2) is 0 Å². The van der Waals surface area contributed by atoms with Crippen LogP contribution in [0.15, 0.2) is 23.8 Å². The summed E-state index contributed by atoms with van der Waals surface area (Å²) in [5, 5.41) is 0. The predicted molar refractivity (Wildman–Crippen MR) is 64.9 cm³/mol. The van der Waals surface area contributed by atoms with Crippen molar-refractivity contribution in [1.29, 1.82) is 0 Å². The van der Waals surface area contributed by atoms with E-state index in [9.17, 15) is 4.79 Å². The summed E-state index contributed by atoms with van der Waals surface area (Å²) in [6.45, 7) is 10.7. The van der Waals surface area contributed by atoms with Crippen LogP contribution >= 0.6 is 0 Å². The second-order valence-electron chi connectivity index (χ2n) is 6.67. The highest BCUT2D eigenvalue weighted by Crippen LogP contribution is 2.66. The van der Waals surface area contributed by atoms with E-state index in [1.54, 1.807) is 0 Å². The largest absolute Gasteiger partial charge is 0.299 e. The Morgan fingerprint density at radius 1 is 1.50 bits per heavy atom. The van der Waals surface area contributed by atoms with Gasteiger partial charge in [-0.2, -0.15) is 0 Å². The SMILES string of the molecule is C=C(C)C1=C[C@@]2(C)C[C@@]3(C)C[C@@H]1[C@@H]2CC3=O. The number of allylic oxidation sites excluding steroid dienone is 3. The van der Waals surface area contributed by atoms with Crippen LogP contribution in [-0.4, -0.2) is 5.78 Å². The summed E-state index contributed by atoms with van der Waals surface area (Å²) < 4.78 is 0. The van der Waals surface area contributed by atoms with Crippen molar-refractivity contribution in [2.24, 2.45) is 22.7 Å². The summed E-state index contributed by atoms with van der Waals surface area (Å²) in [4.78, 5) is 12.1. The van der Waals surface area contributed by atoms with E-state index in [0.29, 0.717) is 17.6 Å². The van der Waals surface area contributed by atoms with Gasteiger partial charge < -0.3 is 0 Å². The number of fused-ring (bicyclic) bond motifs is 1. The van der Waals surface area contributed by atoms with Crippen molar-refractivity contribution in [3.63, 3.8) is 0 Å². The lowest BCUT2D eigenvalue weighted by molar-refractivity contribution is -0.145. The Morgan fingerprint density at radius 2 is 2.19 bits per heavy atom. The third kappa shape index (κ3) is 1.04. The molecule has 4 atom stereocenters. The maximum Gasteiger partial charge on any atom is 0.139 e. The lowest BCUT2D eigenvalue weighted by Crippen LogP contribution is -2.51. The molecule has 4 bridgehead atoms. The first-order chi connectivity index (χ1) is 7.36. The molecular weight excluding hydrogens is 196 g/mol. The second kappa shape index (κ2) is 2.69. The fraction of sp³-hybridized carbons (Fsp3) is 0.667. The summed E-state index contributed by atoms with van der Waals surface area (Å²) >= 11 is 0. The molecule has 0 amide bonds. The number of rotatable bonds is 1. The smallest absolute Gasteiger partial charge is 0.139 e. The Balaban J connectivity index is 2.09. The average molecular weight is 216 g/mol. The molecule has 0 unspecified atom stereocenters. The van der Waals surface area contributed by atoms with Crippen molar-refractivity contribution in [1.82, 2.24) is 0 Å². The van der Waals surface area contributed by atoms with Crippen molar-refractivity contribution < 1.29 is 4.79 Å². The van der Waals surface area contributed by atoms with Gasteiger partial charge in [0.2, 0.25) is 0 Å². The predicted octanol–water partition coefficient (Wildman–Crippen LogP) is 3.51. The Morgan fingerprint density at radius 3 is 2.75 bits per heavy atom. The summed E-state index contributed by atoms with van der Waals surface area (Å²) in [6.07, 6.45) is 5.34. The standard InChI is InChI=1S/C15H20O/c1-9(2)10-6-14(3)8-15(4)7-11(10)12(14)5-13(15)16/h6,11-12H,1,5,7-8H2,2-4H3/t11-,12-,14-,15+/m0/s1. The molecule has 4 aliphatic carbocycles. The maximum atomic E-state index is 12.1. The van der Waals surface area contributed by atoms with E-state index in [-0.39, 0.29) is 10.8 Å². The highest BCUT2D eigenvalue weighted by atomic mass is 16.1. The molecular formula is C15H20O. The fourth-order valence-electron chi connectivity index (χ4n) is 4.55. The number of carbonyl (C=O) groups is 1. The molecule has 0 aromatic heterocycles. The molecule has 3 saturated carbocycles. The molecule has 1 heteroatoms. The summed E-state index contributed by atoms with van der Waals surface area (Å²) in [6, 6.07) is 0. The first-order valence-corrected chi connectivity index (χ1v) is 6.28. The molecule has 4 aliphatic rings. The minimum absolute atomic E-state index is 0.0537. The molecule has 0 saturated heterocycles. The zero-order valence-corrected chi connectivity index (χ0v) is 10.5. The normalized spacial score (nSPS) is 49.4. The molecule has 0 aromatic rings. The van der Waals surface area contributed by atoms with Crippen LogP contribution in [0, 0.1) is 22.7 Å². The van der Waals surface area contributed by atoms with Crippen molar-refractivity contribution in [2.45, 2.75) is 40.0 Å². The van der Waals surface area contributed by atoms with Gasteiger partial charge in [0.15, 0.2) is 0 Å². The molecule has 0 radical (unpaired) electrons. The fourth-order valence-corrected chi connectivity index (χ4v) is 4.55. The van der Waals surface area contributed by atoms with E-state index in [1.165, 1.54) is 11.1 Å². The highest BCUT2D eigenvalue weighted by molar-refractivity contribution is 5.87. The van der Waals surface area contributed by atoms with Gasteiger partial charge in [0.25, 0.3) is 0 Å². The Hall–Kier alpha value is -0.850. The zero-order valence-electron chi connectivity index (χ0n) is 10.5. The van der Waals surface area contributed by atoms with Gasteiger partial charge in [-0.05, 0) is 42.6 Å². The zero-order chi connectivity index (χ0) is 11.7. The van der Waals surface area contributed by atoms with Gasteiger partial charge in [-0.15, -0.1) is 0 Å². The number of carbonyl (C=O) groups excluding carboxylic acids is 1. The van der Waals surface area contributed by atoms with Crippen LogP contribution < -0.4 is 0 Å². The summed E-state index contributed by atoms with van der Waals surface area (Å²) in [5.41, 5.74) is 2.86. The second-order valence-corrected chi connectivity index (χ2v) is 6.67. The minimum atomic E-state index is -0.0537. The van der Waals surface area contributed by atoms with Crippen LogP contribution in [-0.2, 0) is 4.79 Å².